The van der Waals surface area contributed by atoms with Crippen molar-refractivity contribution in [1.29, 1.82) is 0 Å². The Morgan fingerprint density at radius 3 is 2.11 bits per heavy atom. The normalized spacial score (nSPS) is 12.3. The monoisotopic (exact) mass is 260 g/mol. The average Bonchev–Trinajstić information content (AvgIpc) is 2.46. The van der Waals surface area contributed by atoms with E-state index in [0.717, 1.165) is 12.0 Å². The Morgan fingerprint density at radius 1 is 0.889 bits per heavy atom. The number of rotatable bonds is 5. The van der Waals surface area contributed by atoms with Gasteiger partial charge in [0, 0.05) is 5.88 Å². The zero-order valence-corrected chi connectivity index (χ0v) is 11.0. The third-order valence-electron chi connectivity index (χ3n) is 3.01. The first-order chi connectivity index (χ1) is 8.81. The molecule has 1 N–H and O–H groups in total. The topological polar surface area (TPSA) is 20.2 Å². The van der Waals surface area contributed by atoms with E-state index >= 15 is 0 Å². The smallest absolute Gasteiger partial charge is 0.0790 e. The van der Waals surface area contributed by atoms with Crippen molar-refractivity contribution in [3.63, 3.8) is 0 Å². The minimum Gasteiger partial charge on any atom is -0.388 e. The highest BCUT2D eigenvalue weighted by Gasteiger charge is 2.06. The number of benzene rings is 2. The van der Waals surface area contributed by atoms with Gasteiger partial charge in [-0.25, -0.2) is 0 Å². The van der Waals surface area contributed by atoms with Crippen molar-refractivity contribution in [2.24, 2.45) is 0 Å². The first kappa shape index (κ1) is 13.1. The van der Waals surface area contributed by atoms with E-state index in [-0.39, 0.29) is 0 Å². The van der Waals surface area contributed by atoms with Crippen LogP contribution >= 0.6 is 11.6 Å². The summed E-state index contributed by atoms with van der Waals surface area (Å²) in [4.78, 5) is 0. The van der Waals surface area contributed by atoms with Crippen LogP contribution in [-0.2, 0) is 0 Å². The summed E-state index contributed by atoms with van der Waals surface area (Å²) < 4.78 is 0. The van der Waals surface area contributed by atoms with Crippen LogP contribution in [0.4, 0.5) is 0 Å². The van der Waals surface area contributed by atoms with Crippen molar-refractivity contribution in [2.75, 3.05) is 5.88 Å². The lowest BCUT2D eigenvalue weighted by Crippen LogP contribution is -1.97. The predicted molar refractivity (Wildman–Crippen MR) is 76.8 cm³/mol. The van der Waals surface area contributed by atoms with Crippen LogP contribution in [0, 0.1) is 0 Å². The maximum Gasteiger partial charge on any atom is 0.0790 e. The molecule has 2 heteroatoms. The molecule has 1 nitrogen and oxygen atoms in total. The Labute approximate surface area is 113 Å². The van der Waals surface area contributed by atoms with Crippen LogP contribution in [0.1, 0.15) is 24.5 Å². The van der Waals surface area contributed by atoms with Crippen LogP contribution in [0.15, 0.2) is 54.6 Å². The van der Waals surface area contributed by atoms with Crippen LogP contribution < -0.4 is 0 Å². The second-order valence-corrected chi connectivity index (χ2v) is 4.71. The lowest BCUT2D eigenvalue weighted by molar-refractivity contribution is 0.167. The van der Waals surface area contributed by atoms with Crippen molar-refractivity contribution in [3.05, 3.63) is 60.2 Å². The fraction of sp³-hybridized carbons (Fsp3) is 0.250. The summed E-state index contributed by atoms with van der Waals surface area (Å²) >= 11 is 5.63. The second kappa shape index (κ2) is 6.58. The lowest BCUT2D eigenvalue weighted by atomic mass is 10.0. The Hall–Kier alpha value is -1.31. The second-order valence-electron chi connectivity index (χ2n) is 4.34. The molecule has 18 heavy (non-hydrogen) atoms. The van der Waals surface area contributed by atoms with Gasteiger partial charge >= 0.3 is 0 Å². The molecule has 0 aliphatic carbocycles. The Morgan fingerprint density at radius 2 is 1.50 bits per heavy atom. The summed E-state index contributed by atoms with van der Waals surface area (Å²) in [7, 11) is 0. The van der Waals surface area contributed by atoms with Gasteiger partial charge in [-0.1, -0.05) is 54.6 Å². The fourth-order valence-corrected chi connectivity index (χ4v) is 2.12. The van der Waals surface area contributed by atoms with Gasteiger partial charge in [0.05, 0.1) is 6.10 Å². The third-order valence-corrected chi connectivity index (χ3v) is 3.28. The Balaban J connectivity index is 2.10. The molecule has 0 aliphatic rings. The average molecular weight is 261 g/mol. The number of aliphatic hydroxyl groups excluding tert-OH is 1. The summed E-state index contributed by atoms with van der Waals surface area (Å²) in [6.45, 7) is 0. The van der Waals surface area contributed by atoms with Gasteiger partial charge in [-0.3, -0.25) is 0 Å². The van der Waals surface area contributed by atoms with Crippen molar-refractivity contribution in [3.8, 4) is 11.1 Å². The van der Waals surface area contributed by atoms with Crippen molar-refractivity contribution in [2.45, 2.75) is 18.9 Å². The molecule has 0 amide bonds. The van der Waals surface area contributed by atoms with E-state index in [9.17, 15) is 5.11 Å². The zero-order chi connectivity index (χ0) is 12.8. The van der Waals surface area contributed by atoms with E-state index in [0.29, 0.717) is 12.3 Å². The fourth-order valence-electron chi connectivity index (χ4n) is 1.97. The van der Waals surface area contributed by atoms with E-state index in [1.807, 2.05) is 30.3 Å². The minimum atomic E-state index is -0.409. The molecule has 0 radical (unpaired) electrons. The molecular weight excluding hydrogens is 244 g/mol. The number of alkyl halides is 1. The highest BCUT2D eigenvalue weighted by molar-refractivity contribution is 6.17. The van der Waals surface area contributed by atoms with E-state index in [1.54, 1.807) is 0 Å². The van der Waals surface area contributed by atoms with Gasteiger partial charge in [0.15, 0.2) is 0 Å². The van der Waals surface area contributed by atoms with E-state index in [4.69, 9.17) is 11.6 Å². The summed E-state index contributed by atoms with van der Waals surface area (Å²) in [5, 5.41) is 9.95. The van der Waals surface area contributed by atoms with Crippen LogP contribution in [0.5, 0.6) is 0 Å². The predicted octanol–water partition coefficient (Wildman–Crippen LogP) is 4.41. The molecule has 0 saturated carbocycles. The summed E-state index contributed by atoms with van der Waals surface area (Å²) in [5.41, 5.74) is 3.32. The maximum absolute atomic E-state index is 9.95. The number of aliphatic hydroxyl groups is 1. The molecule has 2 rings (SSSR count). The quantitative estimate of drug-likeness (QED) is 0.790. The van der Waals surface area contributed by atoms with E-state index in [1.165, 1.54) is 11.1 Å². The maximum atomic E-state index is 9.95. The summed E-state index contributed by atoms with van der Waals surface area (Å²) in [6.07, 6.45) is 1.14. The number of hydrogen-bond acceptors (Lipinski definition) is 1. The lowest BCUT2D eigenvalue weighted by Gasteiger charge is -2.10. The molecular formula is C16H17ClO. The van der Waals surface area contributed by atoms with Crippen LogP contribution in [0.3, 0.4) is 0 Å². The molecule has 0 fully saturated rings. The first-order valence-corrected chi connectivity index (χ1v) is 6.74. The van der Waals surface area contributed by atoms with Gasteiger partial charge in [-0.15, -0.1) is 11.6 Å². The zero-order valence-electron chi connectivity index (χ0n) is 10.2. The van der Waals surface area contributed by atoms with Gasteiger partial charge in [0.25, 0.3) is 0 Å². The first-order valence-electron chi connectivity index (χ1n) is 6.20. The molecule has 0 aromatic heterocycles. The molecule has 0 saturated heterocycles. The minimum absolute atomic E-state index is 0.409. The van der Waals surface area contributed by atoms with Gasteiger partial charge in [-0.2, -0.15) is 0 Å². The van der Waals surface area contributed by atoms with E-state index < -0.39 is 6.10 Å². The highest BCUT2D eigenvalue weighted by atomic mass is 35.5. The third kappa shape index (κ3) is 3.34. The molecule has 0 spiro atoms. The van der Waals surface area contributed by atoms with Crippen LogP contribution in [0.2, 0.25) is 0 Å². The van der Waals surface area contributed by atoms with Gasteiger partial charge < -0.3 is 5.11 Å². The largest absolute Gasteiger partial charge is 0.388 e. The molecule has 94 valence electrons. The van der Waals surface area contributed by atoms with Gasteiger partial charge in [0.2, 0.25) is 0 Å². The van der Waals surface area contributed by atoms with Crippen LogP contribution in [0.25, 0.3) is 11.1 Å². The molecule has 0 heterocycles. The van der Waals surface area contributed by atoms with Crippen molar-refractivity contribution in [1.82, 2.24) is 0 Å². The molecule has 1 atom stereocenters. The molecule has 0 aliphatic heterocycles. The molecule has 1 unspecified atom stereocenters. The van der Waals surface area contributed by atoms with Crippen LogP contribution in [-0.4, -0.2) is 11.0 Å². The summed E-state index contributed by atoms with van der Waals surface area (Å²) in [6, 6.07) is 18.3. The van der Waals surface area contributed by atoms with Gasteiger partial charge in [0.1, 0.15) is 0 Å². The van der Waals surface area contributed by atoms with Gasteiger partial charge in [-0.05, 0) is 29.5 Å². The highest BCUT2D eigenvalue weighted by Crippen LogP contribution is 2.23. The molecule has 2 aromatic rings. The van der Waals surface area contributed by atoms with Crippen molar-refractivity contribution >= 4 is 11.6 Å². The number of halogens is 1. The molecule has 2 aromatic carbocycles. The Kier molecular flexibility index (Phi) is 4.80. The summed E-state index contributed by atoms with van der Waals surface area (Å²) in [5.74, 6) is 0.596. The van der Waals surface area contributed by atoms with Crippen molar-refractivity contribution < 1.29 is 5.11 Å². The van der Waals surface area contributed by atoms with E-state index in [2.05, 4.69) is 24.3 Å². The Bertz CT molecular complexity index is 464. The number of hydrogen-bond donors (Lipinski definition) is 1. The SMILES string of the molecule is OC(CCCCl)c1ccc(-c2ccccc2)cc1. The standard InChI is InChI=1S/C16H17ClO/c17-12-4-7-16(18)15-10-8-14(9-11-15)13-5-2-1-3-6-13/h1-3,5-6,8-11,16,18H,4,7,12H2. The molecule has 0 bridgehead atoms.